The molecule has 6 nitrogen and oxygen atoms in total. The van der Waals surface area contributed by atoms with Crippen molar-refractivity contribution in [1.82, 2.24) is 15.5 Å². The second kappa shape index (κ2) is 7.58. The van der Waals surface area contributed by atoms with Crippen molar-refractivity contribution in [1.29, 1.82) is 0 Å². The lowest BCUT2D eigenvalue weighted by molar-refractivity contribution is 0.0988. The predicted octanol–water partition coefficient (Wildman–Crippen LogP) is 3.06. The molecule has 122 valence electrons. The van der Waals surface area contributed by atoms with Crippen molar-refractivity contribution in [2.24, 2.45) is 0 Å². The fraction of sp³-hybridized carbons (Fsp3) is 0.353. The highest BCUT2D eigenvalue weighted by molar-refractivity contribution is 5.98. The maximum Gasteiger partial charge on any atom is 0.319 e. The topological polar surface area (TPSA) is 86.9 Å². The summed E-state index contributed by atoms with van der Waals surface area (Å²) in [5.41, 5.74) is 3.11. The van der Waals surface area contributed by atoms with Crippen LogP contribution in [0.2, 0.25) is 0 Å². The highest BCUT2D eigenvalue weighted by atomic mass is 16.2. The smallest absolute Gasteiger partial charge is 0.319 e. The Hall–Kier alpha value is -2.63. The van der Waals surface area contributed by atoms with Crippen LogP contribution in [0.25, 0.3) is 0 Å². The largest absolute Gasteiger partial charge is 0.335 e. The van der Waals surface area contributed by atoms with Gasteiger partial charge in [-0.1, -0.05) is 19.1 Å². The van der Waals surface area contributed by atoms with Crippen LogP contribution in [0.15, 0.2) is 30.3 Å². The van der Waals surface area contributed by atoms with E-state index in [9.17, 15) is 9.59 Å². The number of urea groups is 1. The minimum atomic E-state index is -0.300. The molecule has 0 radical (unpaired) electrons. The van der Waals surface area contributed by atoms with Gasteiger partial charge < -0.3 is 10.6 Å². The summed E-state index contributed by atoms with van der Waals surface area (Å²) in [6, 6.07) is 8.55. The van der Waals surface area contributed by atoms with Crippen molar-refractivity contribution >= 4 is 17.5 Å². The Morgan fingerprint density at radius 2 is 2.09 bits per heavy atom. The summed E-state index contributed by atoms with van der Waals surface area (Å²) in [6.07, 6.45) is 1.09. The molecule has 2 aromatic rings. The zero-order valence-electron chi connectivity index (χ0n) is 13.6. The standard InChI is InChI=1S/C17H22N4O2/c1-4-16(22)13-6-5-7-14(10-13)19-17(23)18-11(2)8-15-9-12(3)20-21-15/h5-7,9-11H,4,8H2,1-3H3,(H,20,21)(H2,18,19,23). The summed E-state index contributed by atoms with van der Waals surface area (Å²) in [5.74, 6) is 0.0522. The monoisotopic (exact) mass is 314 g/mol. The molecule has 1 heterocycles. The third kappa shape index (κ3) is 4.95. The van der Waals surface area contributed by atoms with Gasteiger partial charge in [0, 0.05) is 35.8 Å². The van der Waals surface area contributed by atoms with Crippen LogP contribution in [0, 0.1) is 6.92 Å². The molecule has 0 fully saturated rings. The molecule has 1 atom stereocenters. The number of amides is 2. The van der Waals surface area contributed by atoms with Gasteiger partial charge in [0.2, 0.25) is 0 Å². The molecule has 0 aliphatic rings. The quantitative estimate of drug-likeness (QED) is 0.716. The van der Waals surface area contributed by atoms with Gasteiger partial charge in [-0.2, -0.15) is 5.10 Å². The molecule has 2 rings (SSSR count). The summed E-state index contributed by atoms with van der Waals surface area (Å²) >= 11 is 0. The average Bonchev–Trinajstić information content (AvgIpc) is 2.91. The molecule has 3 N–H and O–H groups in total. The molecule has 0 aliphatic carbocycles. The van der Waals surface area contributed by atoms with E-state index >= 15 is 0 Å². The number of aryl methyl sites for hydroxylation is 1. The zero-order chi connectivity index (χ0) is 16.8. The van der Waals surface area contributed by atoms with E-state index in [1.54, 1.807) is 24.3 Å². The number of ketones is 1. The van der Waals surface area contributed by atoms with Crippen LogP contribution in [0.3, 0.4) is 0 Å². The molecule has 0 saturated heterocycles. The second-order valence-corrected chi connectivity index (χ2v) is 5.60. The van der Waals surface area contributed by atoms with Gasteiger partial charge in [0.05, 0.1) is 5.69 Å². The fourth-order valence-corrected chi connectivity index (χ4v) is 2.31. The molecule has 23 heavy (non-hydrogen) atoms. The number of Topliss-reactive ketones (excluding diaryl/α,β-unsaturated/α-hetero) is 1. The van der Waals surface area contributed by atoms with Crippen LogP contribution in [0.5, 0.6) is 0 Å². The number of hydrogen-bond acceptors (Lipinski definition) is 3. The Morgan fingerprint density at radius 3 is 2.74 bits per heavy atom. The van der Waals surface area contributed by atoms with E-state index in [1.807, 2.05) is 26.8 Å². The summed E-state index contributed by atoms with van der Waals surface area (Å²) in [4.78, 5) is 23.7. The number of hydrogen-bond donors (Lipinski definition) is 3. The van der Waals surface area contributed by atoms with Gasteiger partial charge >= 0.3 is 6.03 Å². The van der Waals surface area contributed by atoms with E-state index in [4.69, 9.17) is 0 Å². The number of carbonyl (C=O) groups is 2. The van der Waals surface area contributed by atoms with Gasteiger partial charge in [0.15, 0.2) is 5.78 Å². The minimum absolute atomic E-state index is 0.0522. The highest BCUT2D eigenvalue weighted by Gasteiger charge is 2.11. The molecule has 1 unspecified atom stereocenters. The van der Waals surface area contributed by atoms with E-state index in [1.165, 1.54) is 0 Å². The lowest BCUT2D eigenvalue weighted by Gasteiger charge is -2.14. The minimum Gasteiger partial charge on any atom is -0.335 e. The van der Waals surface area contributed by atoms with Crippen LogP contribution in [0.4, 0.5) is 10.5 Å². The lowest BCUT2D eigenvalue weighted by Crippen LogP contribution is -2.37. The predicted molar refractivity (Wildman–Crippen MR) is 89.7 cm³/mol. The van der Waals surface area contributed by atoms with Crippen LogP contribution >= 0.6 is 0 Å². The molecule has 0 saturated carbocycles. The first-order valence-corrected chi connectivity index (χ1v) is 7.69. The maximum absolute atomic E-state index is 12.0. The number of H-pyrrole nitrogens is 1. The number of aromatic amines is 1. The third-order valence-electron chi connectivity index (χ3n) is 3.42. The van der Waals surface area contributed by atoms with Crippen molar-refractivity contribution in [2.45, 2.75) is 39.7 Å². The first kappa shape index (κ1) is 16.7. The Morgan fingerprint density at radius 1 is 1.30 bits per heavy atom. The van der Waals surface area contributed by atoms with Gasteiger partial charge in [-0.15, -0.1) is 0 Å². The maximum atomic E-state index is 12.0. The van der Waals surface area contributed by atoms with E-state index in [0.29, 0.717) is 24.1 Å². The van der Waals surface area contributed by atoms with Crippen LogP contribution in [-0.4, -0.2) is 28.1 Å². The summed E-state index contributed by atoms with van der Waals surface area (Å²) in [5, 5.41) is 12.6. The van der Waals surface area contributed by atoms with Gasteiger partial charge in [-0.3, -0.25) is 9.89 Å². The van der Waals surface area contributed by atoms with E-state index in [2.05, 4.69) is 20.8 Å². The molecule has 0 aliphatic heterocycles. The Balaban J connectivity index is 1.90. The first-order chi connectivity index (χ1) is 11.0. The summed E-state index contributed by atoms with van der Waals surface area (Å²) < 4.78 is 0. The normalized spacial score (nSPS) is 11.8. The number of nitrogens with zero attached hydrogens (tertiary/aromatic N) is 1. The summed E-state index contributed by atoms with van der Waals surface area (Å²) in [7, 11) is 0. The molecule has 0 bridgehead atoms. The number of anilines is 1. The average molecular weight is 314 g/mol. The number of carbonyl (C=O) groups excluding carboxylic acids is 2. The van der Waals surface area contributed by atoms with Crippen molar-refractivity contribution in [2.75, 3.05) is 5.32 Å². The van der Waals surface area contributed by atoms with Crippen LogP contribution in [0.1, 0.15) is 42.0 Å². The molecule has 6 heteroatoms. The van der Waals surface area contributed by atoms with E-state index in [-0.39, 0.29) is 17.9 Å². The Labute approximate surface area is 135 Å². The van der Waals surface area contributed by atoms with Crippen molar-refractivity contribution < 1.29 is 9.59 Å². The second-order valence-electron chi connectivity index (χ2n) is 5.60. The number of aromatic nitrogens is 2. The van der Waals surface area contributed by atoms with E-state index in [0.717, 1.165) is 11.4 Å². The SMILES string of the molecule is CCC(=O)c1cccc(NC(=O)NC(C)Cc2cc(C)[nH]n2)c1. The van der Waals surface area contributed by atoms with Gasteiger partial charge in [0.1, 0.15) is 0 Å². The van der Waals surface area contributed by atoms with Gasteiger partial charge in [0.25, 0.3) is 0 Å². The highest BCUT2D eigenvalue weighted by Crippen LogP contribution is 2.12. The fourth-order valence-electron chi connectivity index (χ4n) is 2.31. The van der Waals surface area contributed by atoms with Crippen molar-refractivity contribution in [3.8, 4) is 0 Å². The third-order valence-corrected chi connectivity index (χ3v) is 3.42. The molecule has 0 spiro atoms. The van der Waals surface area contributed by atoms with Crippen molar-refractivity contribution in [3.05, 3.63) is 47.3 Å². The van der Waals surface area contributed by atoms with E-state index < -0.39 is 0 Å². The van der Waals surface area contributed by atoms with Gasteiger partial charge in [-0.05, 0) is 32.0 Å². The number of rotatable bonds is 6. The first-order valence-electron chi connectivity index (χ1n) is 7.69. The zero-order valence-corrected chi connectivity index (χ0v) is 13.6. The molecule has 1 aromatic heterocycles. The molecular formula is C17H22N4O2. The van der Waals surface area contributed by atoms with Crippen LogP contribution in [-0.2, 0) is 6.42 Å². The Bertz CT molecular complexity index is 693. The lowest BCUT2D eigenvalue weighted by atomic mass is 10.1. The number of nitrogens with one attached hydrogen (secondary N) is 3. The van der Waals surface area contributed by atoms with Crippen molar-refractivity contribution in [3.63, 3.8) is 0 Å². The Kier molecular flexibility index (Phi) is 5.51. The number of benzene rings is 1. The molecule has 2 amide bonds. The summed E-state index contributed by atoms with van der Waals surface area (Å²) in [6.45, 7) is 5.67. The van der Waals surface area contributed by atoms with Crippen LogP contribution < -0.4 is 10.6 Å². The molecule has 1 aromatic carbocycles. The molecular weight excluding hydrogens is 292 g/mol. The van der Waals surface area contributed by atoms with Gasteiger partial charge in [-0.25, -0.2) is 4.79 Å².